The van der Waals surface area contributed by atoms with E-state index in [4.69, 9.17) is 12.2 Å². The van der Waals surface area contributed by atoms with Gasteiger partial charge in [-0.25, -0.2) is 4.68 Å². The van der Waals surface area contributed by atoms with Crippen molar-refractivity contribution in [3.63, 3.8) is 0 Å². The van der Waals surface area contributed by atoms with Crippen molar-refractivity contribution in [3.05, 3.63) is 42.2 Å². The number of terminal acetylenes is 1. The van der Waals surface area contributed by atoms with Crippen molar-refractivity contribution < 1.29 is 4.79 Å². The van der Waals surface area contributed by atoms with Crippen molar-refractivity contribution in [3.8, 4) is 18.0 Å². The summed E-state index contributed by atoms with van der Waals surface area (Å²) in [5, 5.41) is 7.02. The minimum absolute atomic E-state index is 0.0787. The number of carbonyl (C=O) groups excluding carboxylic acids is 1. The Hall–Kier alpha value is -2.74. The number of rotatable bonds is 4. The zero-order chi connectivity index (χ0) is 14.5. The van der Waals surface area contributed by atoms with Gasteiger partial charge in [-0.1, -0.05) is 6.07 Å². The molecule has 5 heteroatoms. The molecular formula is C15H16N4O. The number of amides is 1. The van der Waals surface area contributed by atoms with Gasteiger partial charge in [0.25, 0.3) is 5.91 Å². The number of nitrogens with one attached hydrogen (secondary N) is 1. The Labute approximate surface area is 117 Å². The number of nitrogens with zero attached hydrogens (tertiary/aromatic N) is 2. The Morgan fingerprint density at radius 1 is 1.55 bits per heavy atom. The molecule has 3 N–H and O–H groups in total. The lowest BCUT2D eigenvalue weighted by molar-refractivity contribution is 0.0935. The van der Waals surface area contributed by atoms with Gasteiger partial charge in [0.2, 0.25) is 0 Å². The standard InChI is InChI=1S/C15H16N4O/c1-3-5-11(2)17-15(20)14-8-9-19(18-14)13-7-4-6-12(16)10-13/h1,4,6-11H,5,16H2,2H3,(H,17,20). The molecule has 1 heterocycles. The maximum atomic E-state index is 12.0. The van der Waals surface area contributed by atoms with E-state index in [9.17, 15) is 4.79 Å². The maximum Gasteiger partial charge on any atom is 0.272 e. The van der Waals surface area contributed by atoms with Crippen molar-refractivity contribution in [2.45, 2.75) is 19.4 Å². The first kappa shape index (κ1) is 13.7. The van der Waals surface area contributed by atoms with E-state index in [0.29, 0.717) is 17.8 Å². The molecule has 1 aromatic carbocycles. The van der Waals surface area contributed by atoms with Gasteiger partial charge >= 0.3 is 0 Å². The minimum atomic E-state index is -0.240. The normalized spacial score (nSPS) is 11.6. The van der Waals surface area contributed by atoms with Crippen LogP contribution in [0.4, 0.5) is 5.69 Å². The van der Waals surface area contributed by atoms with Crippen LogP contribution in [-0.4, -0.2) is 21.7 Å². The van der Waals surface area contributed by atoms with E-state index in [2.05, 4.69) is 16.3 Å². The molecule has 0 radical (unpaired) electrons. The summed E-state index contributed by atoms with van der Waals surface area (Å²) in [7, 11) is 0. The molecule has 0 spiro atoms. The summed E-state index contributed by atoms with van der Waals surface area (Å²) in [6.07, 6.45) is 7.41. The van der Waals surface area contributed by atoms with E-state index in [1.165, 1.54) is 0 Å². The summed E-state index contributed by atoms with van der Waals surface area (Å²) < 4.78 is 1.61. The van der Waals surface area contributed by atoms with Gasteiger partial charge in [0.1, 0.15) is 0 Å². The van der Waals surface area contributed by atoms with Crippen LogP contribution in [0.3, 0.4) is 0 Å². The molecule has 2 aromatic rings. The number of benzene rings is 1. The molecule has 0 aliphatic rings. The predicted octanol–water partition coefficient (Wildman–Crippen LogP) is 1.60. The fourth-order valence-corrected chi connectivity index (χ4v) is 1.78. The lowest BCUT2D eigenvalue weighted by Gasteiger charge is -2.09. The highest BCUT2D eigenvalue weighted by Crippen LogP contribution is 2.11. The third-order valence-electron chi connectivity index (χ3n) is 2.76. The topological polar surface area (TPSA) is 72.9 Å². The molecule has 1 unspecified atom stereocenters. The van der Waals surface area contributed by atoms with E-state index in [1.54, 1.807) is 29.1 Å². The number of nitrogen functional groups attached to an aromatic ring is 1. The predicted molar refractivity (Wildman–Crippen MR) is 78.4 cm³/mol. The number of anilines is 1. The number of nitrogens with two attached hydrogens (primary N) is 1. The largest absolute Gasteiger partial charge is 0.399 e. The minimum Gasteiger partial charge on any atom is -0.399 e. The van der Waals surface area contributed by atoms with Crippen LogP contribution >= 0.6 is 0 Å². The fourth-order valence-electron chi connectivity index (χ4n) is 1.78. The number of hydrogen-bond acceptors (Lipinski definition) is 3. The van der Waals surface area contributed by atoms with Gasteiger partial charge in [0.15, 0.2) is 5.69 Å². The van der Waals surface area contributed by atoms with Gasteiger partial charge in [0, 0.05) is 24.3 Å². The summed E-state index contributed by atoms with van der Waals surface area (Å²) in [4.78, 5) is 12.0. The third kappa shape index (κ3) is 3.18. The van der Waals surface area contributed by atoms with E-state index in [-0.39, 0.29) is 11.9 Å². The van der Waals surface area contributed by atoms with E-state index in [1.807, 2.05) is 19.1 Å². The monoisotopic (exact) mass is 268 g/mol. The molecule has 2 rings (SSSR count). The number of carbonyl (C=O) groups is 1. The molecule has 0 bridgehead atoms. The van der Waals surface area contributed by atoms with Gasteiger partial charge in [-0.15, -0.1) is 12.3 Å². The van der Waals surface area contributed by atoms with Gasteiger partial charge in [-0.05, 0) is 31.2 Å². The fraction of sp³-hybridized carbons (Fsp3) is 0.200. The first-order valence-electron chi connectivity index (χ1n) is 6.26. The van der Waals surface area contributed by atoms with Gasteiger partial charge < -0.3 is 11.1 Å². The average Bonchev–Trinajstić information content (AvgIpc) is 2.88. The molecule has 0 saturated heterocycles. The zero-order valence-electron chi connectivity index (χ0n) is 11.2. The molecule has 1 aromatic heterocycles. The highest BCUT2D eigenvalue weighted by Gasteiger charge is 2.12. The number of hydrogen-bond donors (Lipinski definition) is 2. The Morgan fingerprint density at radius 3 is 3.05 bits per heavy atom. The summed E-state index contributed by atoms with van der Waals surface area (Å²) in [5.41, 5.74) is 7.52. The quantitative estimate of drug-likeness (QED) is 0.653. The molecule has 5 nitrogen and oxygen atoms in total. The van der Waals surface area contributed by atoms with Crippen molar-refractivity contribution in [1.82, 2.24) is 15.1 Å². The lowest BCUT2D eigenvalue weighted by atomic mass is 10.2. The first-order valence-corrected chi connectivity index (χ1v) is 6.26. The second kappa shape index (κ2) is 5.93. The maximum absolute atomic E-state index is 12.0. The summed E-state index contributed by atoms with van der Waals surface area (Å²) >= 11 is 0. The van der Waals surface area contributed by atoms with Crippen molar-refractivity contribution in [1.29, 1.82) is 0 Å². The van der Waals surface area contributed by atoms with Gasteiger partial charge in [-0.3, -0.25) is 4.79 Å². The SMILES string of the molecule is C#CCC(C)NC(=O)c1ccn(-c2cccc(N)c2)n1. The second-order valence-corrected chi connectivity index (χ2v) is 4.52. The number of aromatic nitrogens is 2. The van der Waals surface area contributed by atoms with Crippen LogP contribution in [-0.2, 0) is 0 Å². The van der Waals surface area contributed by atoms with Crippen molar-refractivity contribution in [2.24, 2.45) is 0 Å². The molecule has 0 aliphatic heterocycles. The summed E-state index contributed by atoms with van der Waals surface area (Å²) in [6.45, 7) is 1.85. The first-order chi connectivity index (χ1) is 9.60. The van der Waals surface area contributed by atoms with Crippen LogP contribution in [0, 0.1) is 12.3 Å². The highest BCUT2D eigenvalue weighted by atomic mass is 16.2. The van der Waals surface area contributed by atoms with Crippen LogP contribution in [0.5, 0.6) is 0 Å². The Morgan fingerprint density at radius 2 is 2.35 bits per heavy atom. The van der Waals surface area contributed by atoms with E-state index >= 15 is 0 Å². The average molecular weight is 268 g/mol. The Bertz CT molecular complexity index is 654. The van der Waals surface area contributed by atoms with Crippen molar-refractivity contribution >= 4 is 11.6 Å². The molecule has 20 heavy (non-hydrogen) atoms. The van der Waals surface area contributed by atoms with Crippen LogP contribution in [0.2, 0.25) is 0 Å². The van der Waals surface area contributed by atoms with Crippen molar-refractivity contribution in [2.75, 3.05) is 5.73 Å². The molecule has 102 valence electrons. The Balaban J connectivity index is 2.13. The van der Waals surface area contributed by atoms with Crippen LogP contribution in [0.15, 0.2) is 36.5 Å². The Kier molecular flexibility index (Phi) is 4.06. The molecule has 0 aliphatic carbocycles. The molecule has 0 fully saturated rings. The van der Waals surface area contributed by atoms with E-state index in [0.717, 1.165) is 5.69 Å². The molecule has 0 saturated carbocycles. The smallest absolute Gasteiger partial charge is 0.272 e. The van der Waals surface area contributed by atoms with Crippen LogP contribution < -0.4 is 11.1 Å². The molecule has 1 atom stereocenters. The van der Waals surface area contributed by atoms with Crippen LogP contribution in [0.25, 0.3) is 5.69 Å². The highest BCUT2D eigenvalue weighted by molar-refractivity contribution is 5.92. The van der Waals surface area contributed by atoms with Gasteiger partial charge in [-0.2, -0.15) is 5.10 Å². The molecular weight excluding hydrogens is 252 g/mol. The second-order valence-electron chi connectivity index (χ2n) is 4.52. The molecule has 1 amide bonds. The zero-order valence-corrected chi connectivity index (χ0v) is 11.2. The third-order valence-corrected chi connectivity index (χ3v) is 2.76. The van der Waals surface area contributed by atoms with Gasteiger partial charge in [0.05, 0.1) is 5.69 Å². The lowest BCUT2D eigenvalue weighted by Crippen LogP contribution is -2.32. The van der Waals surface area contributed by atoms with Crippen LogP contribution in [0.1, 0.15) is 23.8 Å². The van der Waals surface area contributed by atoms with E-state index < -0.39 is 0 Å². The summed E-state index contributed by atoms with van der Waals surface area (Å²) in [5.74, 6) is 2.27. The summed E-state index contributed by atoms with van der Waals surface area (Å²) in [6, 6.07) is 8.86.